The Morgan fingerprint density at radius 2 is 1.90 bits per heavy atom. The summed E-state index contributed by atoms with van der Waals surface area (Å²) in [5.74, 6) is -0.548. The molecule has 29 heavy (non-hydrogen) atoms. The normalized spacial score (nSPS) is 14.3. The predicted octanol–water partition coefficient (Wildman–Crippen LogP) is 2.46. The summed E-state index contributed by atoms with van der Waals surface area (Å²) in [7, 11) is 1.36. The van der Waals surface area contributed by atoms with Crippen LogP contribution < -0.4 is 5.32 Å². The van der Waals surface area contributed by atoms with E-state index in [4.69, 9.17) is 13.9 Å². The molecule has 0 bridgehead atoms. The first-order chi connectivity index (χ1) is 14.1. The topological polar surface area (TPSA) is 98.1 Å². The van der Waals surface area contributed by atoms with Crippen molar-refractivity contribution in [3.63, 3.8) is 0 Å². The van der Waals surface area contributed by atoms with Crippen molar-refractivity contribution in [1.29, 1.82) is 0 Å². The number of carbonyl (C=O) groups excluding carboxylic acids is 3. The van der Waals surface area contributed by atoms with Gasteiger partial charge in [-0.1, -0.05) is 12.1 Å². The molecule has 0 saturated carbocycles. The number of hydrogen-bond donors (Lipinski definition) is 1. The highest BCUT2D eigenvalue weighted by Crippen LogP contribution is 2.20. The lowest BCUT2D eigenvalue weighted by atomic mass is 9.97. The van der Waals surface area contributed by atoms with Crippen LogP contribution in [-0.4, -0.2) is 49.6 Å². The van der Waals surface area contributed by atoms with Gasteiger partial charge >= 0.3 is 11.9 Å². The minimum Gasteiger partial charge on any atom is -0.469 e. The van der Waals surface area contributed by atoms with Gasteiger partial charge in [0, 0.05) is 18.8 Å². The monoisotopic (exact) mass is 400 g/mol. The number of nitrogens with zero attached hydrogens (tertiary/aromatic N) is 1. The molecule has 1 saturated heterocycles. The summed E-state index contributed by atoms with van der Waals surface area (Å²) >= 11 is 0. The number of piperidine rings is 1. The summed E-state index contributed by atoms with van der Waals surface area (Å²) in [5.41, 5.74) is 0.941. The molecule has 0 unspecified atom stereocenters. The summed E-state index contributed by atoms with van der Waals surface area (Å²) in [6.07, 6.45) is 2.68. The molecule has 1 fully saturated rings. The van der Waals surface area contributed by atoms with Gasteiger partial charge in [0.1, 0.15) is 5.76 Å². The molecule has 3 rings (SSSR count). The van der Waals surface area contributed by atoms with Gasteiger partial charge < -0.3 is 24.1 Å². The maximum Gasteiger partial charge on any atom is 0.340 e. The van der Waals surface area contributed by atoms with Gasteiger partial charge in [-0.2, -0.15) is 0 Å². The summed E-state index contributed by atoms with van der Waals surface area (Å²) in [5, 5.41) is 3.13. The molecule has 1 aliphatic rings. The maximum atomic E-state index is 12.5. The van der Waals surface area contributed by atoms with E-state index in [1.165, 1.54) is 7.11 Å². The maximum absolute atomic E-state index is 12.5. The lowest BCUT2D eigenvalue weighted by Gasteiger charge is -2.30. The molecule has 1 N–H and O–H groups in total. The molecule has 154 valence electrons. The number of esters is 2. The predicted molar refractivity (Wildman–Crippen MR) is 104 cm³/mol. The molecule has 8 heteroatoms. The summed E-state index contributed by atoms with van der Waals surface area (Å²) in [6, 6.07) is 10.6. The number of benzene rings is 1. The van der Waals surface area contributed by atoms with Crippen LogP contribution in [0.3, 0.4) is 0 Å². The highest BCUT2D eigenvalue weighted by Gasteiger charge is 2.28. The Labute approximate surface area is 168 Å². The van der Waals surface area contributed by atoms with Crippen LogP contribution in [-0.2, 0) is 25.6 Å². The van der Waals surface area contributed by atoms with Crippen LogP contribution in [0.25, 0.3) is 0 Å². The summed E-state index contributed by atoms with van der Waals surface area (Å²) in [4.78, 5) is 38.0. The molecule has 1 aromatic heterocycles. The zero-order valence-corrected chi connectivity index (χ0v) is 16.3. The van der Waals surface area contributed by atoms with Crippen molar-refractivity contribution in [2.45, 2.75) is 19.4 Å². The first kappa shape index (κ1) is 20.4. The van der Waals surface area contributed by atoms with Crippen LogP contribution in [0.4, 0.5) is 5.69 Å². The fourth-order valence-electron chi connectivity index (χ4n) is 3.24. The number of anilines is 1. The Hall–Kier alpha value is -3.29. The third-order valence-corrected chi connectivity index (χ3v) is 4.89. The number of likely N-dealkylation sites (tertiary alicyclic amines) is 1. The molecule has 1 amide bonds. The fourth-order valence-corrected chi connectivity index (χ4v) is 3.24. The number of rotatable bonds is 7. The molecule has 0 aliphatic carbocycles. The van der Waals surface area contributed by atoms with Crippen LogP contribution >= 0.6 is 0 Å². The molecule has 0 atom stereocenters. The number of ether oxygens (including phenoxy) is 2. The van der Waals surface area contributed by atoms with Gasteiger partial charge in [-0.25, -0.2) is 4.79 Å². The van der Waals surface area contributed by atoms with Crippen molar-refractivity contribution in [2.75, 3.05) is 32.1 Å². The minimum atomic E-state index is -0.578. The van der Waals surface area contributed by atoms with Gasteiger partial charge in [-0.05, 0) is 37.1 Å². The summed E-state index contributed by atoms with van der Waals surface area (Å²) in [6.45, 7) is 0.967. The van der Waals surface area contributed by atoms with Crippen molar-refractivity contribution in [3.8, 4) is 0 Å². The number of carbonyl (C=O) groups is 3. The number of nitrogens with one attached hydrogen (secondary N) is 1. The average Bonchev–Trinajstić information content (AvgIpc) is 3.29. The van der Waals surface area contributed by atoms with Gasteiger partial charge in [0.15, 0.2) is 6.61 Å². The van der Waals surface area contributed by atoms with Gasteiger partial charge in [0.05, 0.1) is 31.4 Å². The SMILES string of the molecule is COC(=O)C1CCN(C(=O)COC(=O)c2ccccc2NCc2ccco2)CC1. The minimum absolute atomic E-state index is 0.182. The zero-order valence-electron chi connectivity index (χ0n) is 16.3. The third kappa shape index (κ3) is 5.37. The number of hydrogen-bond acceptors (Lipinski definition) is 7. The molecule has 1 aromatic carbocycles. The number of para-hydroxylation sites is 1. The largest absolute Gasteiger partial charge is 0.469 e. The van der Waals surface area contributed by atoms with E-state index in [1.807, 2.05) is 6.07 Å². The van der Waals surface area contributed by atoms with Crippen LogP contribution in [0.1, 0.15) is 29.0 Å². The van der Waals surface area contributed by atoms with E-state index in [9.17, 15) is 14.4 Å². The Morgan fingerprint density at radius 3 is 2.59 bits per heavy atom. The van der Waals surface area contributed by atoms with E-state index in [0.717, 1.165) is 5.76 Å². The molecular weight excluding hydrogens is 376 g/mol. The van der Waals surface area contributed by atoms with E-state index in [2.05, 4.69) is 5.32 Å². The second-order valence-electron chi connectivity index (χ2n) is 6.73. The van der Waals surface area contributed by atoms with Crippen molar-refractivity contribution in [1.82, 2.24) is 4.90 Å². The second kappa shape index (κ2) is 9.77. The average molecular weight is 400 g/mol. The van der Waals surface area contributed by atoms with E-state index < -0.39 is 5.97 Å². The fraction of sp³-hybridized carbons (Fsp3) is 0.381. The first-order valence-corrected chi connectivity index (χ1v) is 9.46. The van der Waals surface area contributed by atoms with Gasteiger partial charge in [-0.15, -0.1) is 0 Å². The molecule has 1 aliphatic heterocycles. The molecular formula is C21H24N2O6. The molecule has 8 nitrogen and oxygen atoms in total. The smallest absolute Gasteiger partial charge is 0.340 e. The number of furan rings is 1. The van der Waals surface area contributed by atoms with E-state index >= 15 is 0 Å². The van der Waals surface area contributed by atoms with Crippen LogP contribution in [0.2, 0.25) is 0 Å². The Kier molecular flexibility index (Phi) is 6.89. The zero-order chi connectivity index (χ0) is 20.6. The molecule has 0 spiro atoms. The molecule has 2 heterocycles. The van der Waals surface area contributed by atoms with Crippen LogP contribution in [0.5, 0.6) is 0 Å². The Bertz CT molecular complexity index is 841. The van der Waals surface area contributed by atoms with Crippen LogP contribution in [0, 0.1) is 5.92 Å². The van der Waals surface area contributed by atoms with Gasteiger partial charge in [0.25, 0.3) is 5.91 Å². The number of amides is 1. The van der Waals surface area contributed by atoms with Gasteiger partial charge in [-0.3, -0.25) is 9.59 Å². The highest BCUT2D eigenvalue weighted by atomic mass is 16.5. The first-order valence-electron chi connectivity index (χ1n) is 9.46. The van der Waals surface area contributed by atoms with Crippen LogP contribution in [0.15, 0.2) is 47.1 Å². The third-order valence-electron chi connectivity index (χ3n) is 4.89. The van der Waals surface area contributed by atoms with Crippen molar-refractivity contribution in [2.24, 2.45) is 5.92 Å². The standard InChI is InChI=1S/C21H24N2O6/c1-27-20(25)15-8-10-23(11-9-15)19(24)14-29-21(26)17-6-2-3-7-18(17)22-13-16-5-4-12-28-16/h2-7,12,15,22H,8-11,13-14H2,1H3. The van der Waals surface area contributed by atoms with E-state index in [-0.39, 0.29) is 24.4 Å². The lowest BCUT2D eigenvalue weighted by Crippen LogP contribution is -2.42. The highest BCUT2D eigenvalue weighted by molar-refractivity contribution is 5.96. The quantitative estimate of drug-likeness (QED) is 0.713. The second-order valence-corrected chi connectivity index (χ2v) is 6.73. The van der Waals surface area contributed by atoms with Gasteiger partial charge in [0.2, 0.25) is 0 Å². The van der Waals surface area contributed by atoms with Crippen molar-refractivity contribution in [3.05, 3.63) is 54.0 Å². The number of methoxy groups -OCH3 is 1. The summed E-state index contributed by atoms with van der Waals surface area (Å²) < 4.78 is 15.2. The molecule has 2 aromatic rings. The Morgan fingerprint density at radius 1 is 1.14 bits per heavy atom. The van der Waals surface area contributed by atoms with Crippen molar-refractivity contribution >= 4 is 23.5 Å². The Balaban J connectivity index is 1.50. The lowest BCUT2D eigenvalue weighted by molar-refractivity contribution is -0.149. The van der Waals surface area contributed by atoms with E-state index in [1.54, 1.807) is 41.5 Å². The van der Waals surface area contributed by atoms with E-state index in [0.29, 0.717) is 43.7 Å². The molecule has 0 radical (unpaired) electrons. The van der Waals surface area contributed by atoms with Crippen molar-refractivity contribution < 1.29 is 28.3 Å².